The van der Waals surface area contributed by atoms with Crippen LogP contribution in [-0.2, 0) is 18.3 Å². The Balaban J connectivity index is 2.26. The van der Waals surface area contributed by atoms with Crippen LogP contribution in [-0.4, -0.2) is 10.2 Å². The zero-order chi connectivity index (χ0) is 20.1. The average Bonchev–Trinajstić information content (AvgIpc) is 2.71. The van der Waals surface area contributed by atoms with Crippen LogP contribution in [0.3, 0.4) is 0 Å². The van der Waals surface area contributed by atoms with Gasteiger partial charge in [0.1, 0.15) is 11.5 Å². The van der Waals surface area contributed by atoms with Gasteiger partial charge in [-0.05, 0) is 59.7 Å². The van der Waals surface area contributed by atoms with Crippen LogP contribution >= 0.6 is 0 Å². The Kier molecular flexibility index (Phi) is 5.70. The van der Waals surface area contributed by atoms with Crippen molar-refractivity contribution >= 4 is 0 Å². The number of hydrogen-bond donors (Lipinski definition) is 2. The van der Waals surface area contributed by atoms with Crippen molar-refractivity contribution in [3.63, 3.8) is 0 Å². The lowest BCUT2D eigenvalue weighted by Crippen LogP contribution is -2.25. The molecule has 0 atom stereocenters. The van der Waals surface area contributed by atoms with Gasteiger partial charge in [-0.2, -0.15) is 0 Å². The first kappa shape index (κ1) is 19.5. The summed E-state index contributed by atoms with van der Waals surface area (Å²) in [6, 6.07) is 21.8. The number of phenols is 2. The van der Waals surface area contributed by atoms with E-state index in [1.54, 1.807) is 24.3 Å². The second-order valence-corrected chi connectivity index (χ2v) is 7.16. The summed E-state index contributed by atoms with van der Waals surface area (Å²) in [5.41, 5.74) is 4.53. The quantitative estimate of drug-likeness (QED) is 0.401. The fraction of sp³-hybridized carbons (Fsp3) is 0.154. The number of aromatic hydroxyl groups is 2. The molecule has 0 aliphatic rings. The standard InChI is InChI=1S/C26H26O2/c1-4-9-19-17-22(13-15-24(19)27)26(3,21-11-7-6-8-12-21)23-14-16-25(28)20(18-23)10-5-2/h4-8,11-18,27-28H,1-2,9-10H2,3H3. The molecule has 0 radical (unpaired) electrons. The average molecular weight is 370 g/mol. The van der Waals surface area contributed by atoms with Crippen molar-refractivity contribution in [1.82, 2.24) is 0 Å². The predicted octanol–water partition coefficient (Wildman–Crippen LogP) is 5.91. The second-order valence-electron chi connectivity index (χ2n) is 7.16. The third kappa shape index (κ3) is 3.59. The third-order valence-corrected chi connectivity index (χ3v) is 5.39. The molecular formula is C26H26O2. The highest BCUT2D eigenvalue weighted by Crippen LogP contribution is 2.41. The van der Waals surface area contributed by atoms with E-state index in [9.17, 15) is 10.2 Å². The van der Waals surface area contributed by atoms with E-state index in [1.807, 2.05) is 42.5 Å². The van der Waals surface area contributed by atoms with Gasteiger partial charge in [0.05, 0.1) is 0 Å². The summed E-state index contributed by atoms with van der Waals surface area (Å²) in [5, 5.41) is 20.5. The topological polar surface area (TPSA) is 40.5 Å². The van der Waals surface area contributed by atoms with Gasteiger partial charge in [-0.25, -0.2) is 0 Å². The summed E-state index contributed by atoms with van der Waals surface area (Å²) in [5.74, 6) is 0.550. The Labute approximate surface area is 167 Å². The van der Waals surface area contributed by atoms with E-state index < -0.39 is 5.41 Å². The Bertz CT molecular complexity index is 927. The van der Waals surface area contributed by atoms with Crippen LogP contribution in [0.1, 0.15) is 34.7 Å². The van der Waals surface area contributed by atoms with Gasteiger partial charge >= 0.3 is 0 Å². The molecule has 0 unspecified atom stereocenters. The van der Waals surface area contributed by atoms with Gasteiger partial charge in [0.25, 0.3) is 0 Å². The molecule has 2 nitrogen and oxygen atoms in total. The highest BCUT2D eigenvalue weighted by molar-refractivity contribution is 5.54. The van der Waals surface area contributed by atoms with E-state index in [4.69, 9.17) is 0 Å². The molecule has 3 aromatic rings. The second kappa shape index (κ2) is 8.18. The largest absolute Gasteiger partial charge is 0.508 e. The van der Waals surface area contributed by atoms with E-state index >= 15 is 0 Å². The maximum Gasteiger partial charge on any atom is 0.119 e. The van der Waals surface area contributed by atoms with Crippen LogP contribution in [0.4, 0.5) is 0 Å². The molecule has 0 fully saturated rings. The SMILES string of the molecule is C=CCc1cc(C(C)(c2ccccc2)c2ccc(O)c(CC=C)c2)ccc1O. The fourth-order valence-electron chi connectivity index (χ4n) is 3.70. The van der Waals surface area contributed by atoms with Crippen molar-refractivity contribution in [2.45, 2.75) is 25.2 Å². The van der Waals surface area contributed by atoms with Gasteiger partial charge in [0.2, 0.25) is 0 Å². The molecule has 142 valence electrons. The van der Waals surface area contributed by atoms with Crippen molar-refractivity contribution in [2.75, 3.05) is 0 Å². The van der Waals surface area contributed by atoms with Crippen molar-refractivity contribution in [2.24, 2.45) is 0 Å². The molecule has 0 saturated carbocycles. The Hall–Kier alpha value is -3.26. The first-order valence-electron chi connectivity index (χ1n) is 9.42. The molecule has 0 heterocycles. The summed E-state index contributed by atoms with van der Waals surface area (Å²) >= 11 is 0. The van der Waals surface area contributed by atoms with Crippen LogP contribution in [0.5, 0.6) is 11.5 Å². The maximum atomic E-state index is 10.2. The molecule has 0 bridgehead atoms. The highest BCUT2D eigenvalue weighted by atomic mass is 16.3. The molecule has 3 rings (SSSR count). The summed E-state index contributed by atoms with van der Waals surface area (Å²) in [4.78, 5) is 0. The molecule has 2 heteroatoms. The van der Waals surface area contributed by atoms with Crippen LogP contribution in [0.25, 0.3) is 0 Å². The lowest BCUT2D eigenvalue weighted by Gasteiger charge is -2.33. The zero-order valence-corrected chi connectivity index (χ0v) is 16.2. The minimum absolute atomic E-state index is 0.275. The molecule has 0 aromatic heterocycles. The lowest BCUT2D eigenvalue weighted by molar-refractivity contribution is 0.468. The molecule has 0 amide bonds. The van der Waals surface area contributed by atoms with Crippen molar-refractivity contribution in [1.29, 1.82) is 0 Å². The summed E-state index contributed by atoms with van der Waals surface area (Å²) in [6.07, 6.45) is 4.78. The molecule has 28 heavy (non-hydrogen) atoms. The van der Waals surface area contributed by atoms with Crippen LogP contribution in [0.15, 0.2) is 92.0 Å². The van der Waals surface area contributed by atoms with E-state index in [-0.39, 0.29) is 11.5 Å². The van der Waals surface area contributed by atoms with Gasteiger partial charge in [-0.3, -0.25) is 0 Å². The molecule has 0 aliphatic heterocycles. The summed E-state index contributed by atoms with van der Waals surface area (Å²) in [6.45, 7) is 9.77. The number of rotatable bonds is 7. The minimum Gasteiger partial charge on any atom is -0.508 e. The van der Waals surface area contributed by atoms with Crippen molar-refractivity contribution in [3.8, 4) is 11.5 Å². The Morgan fingerprint density at radius 3 is 1.61 bits per heavy atom. The first-order valence-corrected chi connectivity index (χ1v) is 9.42. The molecule has 3 aromatic carbocycles. The van der Waals surface area contributed by atoms with Crippen LogP contribution in [0.2, 0.25) is 0 Å². The summed E-state index contributed by atoms with van der Waals surface area (Å²) in [7, 11) is 0. The van der Waals surface area contributed by atoms with Gasteiger partial charge in [0.15, 0.2) is 0 Å². The fourth-order valence-corrected chi connectivity index (χ4v) is 3.70. The molecule has 0 spiro atoms. The van der Waals surface area contributed by atoms with E-state index in [0.717, 1.165) is 27.8 Å². The van der Waals surface area contributed by atoms with Crippen LogP contribution < -0.4 is 0 Å². The summed E-state index contributed by atoms with van der Waals surface area (Å²) < 4.78 is 0. The van der Waals surface area contributed by atoms with Gasteiger partial charge in [-0.15, -0.1) is 13.2 Å². The number of benzene rings is 3. The molecule has 0 saturated heterocycles. The molecule has 2 N–H and O–H groups in total. The van der Waals surface area contributed by atoms with Gasteiger partial charge in [-0.1, -0.05) is 66.7 Å². The predicted molar refractivity (Wildman–Crippen MR) is 116 cm³/mol. The lowest BCUT2D eigenvalue weighted by atomic mass is 9.70. The minimum atomic E-state index is -0.450. The number of allylic oxidation sites excluding steroid dienone is 2. The number of phenolic OH excluding ortho intramolecular Hbond substituents is 2. The van der Waals surface area contributed by atoms with Crippen molar-refractivity contribution in [3.05, 3.63) is 120 Å². The zero-order valence-electron chi connectivity index (χ0n) is 16.2. The van der Waals surface area contributed by atoms with Gasteiger partial charge in [0, 0.05) is 5.41 Å². The number of hydrogen-bond acceptors (Lipinski definition) is 2. The van der Waals surface area contributed by atoms with E-state index in [2.05, 4.69) is 32.2 Å². The molecular weight excluding hydrogens is 344 g/mol. The normalized spacial score (nSPS) is 11.2. The van der Waals surface area contributed by atoms with Crippen molar-refractivity contribution < 1.29 is 10.2 Å². The third-order valence-electron chi connectivity index (χ3n) is 5.39. The van der Waals surface area contributed by atoms with Crippen LogP contribution in [0, 0.1) is 0 Å². The van der Waals surface area contributed by atoms with E-state index in [0.29, 0.717) is 12.8 Å². The maximum absolute atomic E-state index is 10.2. The smallest absolute Gasteiger partial charge is 0.119 e. The Morgan fingerprint density at radius 2 is 1.18 bits per heavy atom. The van der Waals surface area contributed by atoms with E-state index in [1.165, 1.54) is 0 Å². The van der Waals surface area contributed by atoms with Gasteiger partial charge < -0.3 is 10.2 Å². The monoisotopic (exact) mass is 370 g/mol. The Morgan fingerprint density at radius 1 is 0.714 bits per heavy atom. The first-order chi connectivity index (χ1) is 13.5. The highest BCUT2D eigenvalue weighted by Gasteiger charge is 2.32. The molecule has 0 aliphatic carbocycles.